The molecule has 2 N–H and O–H groups in total. The number of aldehydes is 1. The van der Waals surface area contributed by atoms with Gasteiger partial charge in [-0.25, -0.2) is 0 Å². The van der Waals surface area contributed by atoms with Gasteiger partial charge in [-0.3, -0.25) is 24.1 Å². The quantitative estimate of drug-likeness (QED) is 0.468. The Morgan fingerprint density at radius 2 is 1.96 bits per heavy atom. The van der Waals surface area contributed by atoms with Crippen molar-refractivity contribution >= 4 is 24.0 Å². The van der Waals surface area contributed by atoms with Gasteiger partial charge in [0.1, 0.15) is 12.4 Å². The minimum atomic E-state index is -0.703. The summed E-state index contributed by atoms with van der Waals surface area (Å²) in [5.41, 5.74) is 1.16. The Labute approximate surface area is 151 Å². The second-order valence-corrected chi connectivity index (χ2v) is 5.78. The molecule has 1 aromatic rings. The van der Waals surface area contributed by atoms with Crippen LogP contribution in [-0.2, 0) is 14.4 Å². The normalized spacial score (nSPS) is 14.5. The van der Waals surface area contributed by atoms with Crippen molar-refractivity contribution in [3.63, 3.8) is 0 Å². The maximum atomic E-state index is 12.0. The maximum absolute atomic E-state index is 12.0. The van der Waals surface area contributed by atoms with Crippen LogP contribution >= 0.6 is 0 Å². The van der Waals surface area contributed by atoms with Crippen LogP contribution in [0, 0.1) is 6.92 Å². The van der Waals surface area contributed by atoms with Gasteiger partial charge < -0.3 is 15.4 Å². The van der Waals surface area contributed by atoms with Crippen LogP contribution in [0.25, 0.3) is 0 Å². The van der Waals surface area contributed by atoms with Gasteiger partial charge in [0.2, 0.25) is 5.91 Å². The predicted molar refractivity (Wildman–Crippen MR) is 93.8 cm³/mol. The van der Waals surface area contributed by atoms with Gasteiger partial charge in [0.05, 0.1) is 18.2 Å². The van der Waals surface area contributed by atoms with Crippen molar-refractivity contribution in [2.24, 2.45) is 0 Å². The van der Waals surface area contributed by atoms with Crippen molar-refractivity contribution < 1.29 is 23.9 Å². The molecule has 8 nitrogen and oxygen atoms in total. The Morgan fingerprint density at radius 1 is 1.27 bits per heavy atom. The smallest absolute Gasteiger partial charge is 0.254 e. The van der Waals surface area contributed by atoms with Crippen molar-refractivity contribution in [2.75, 3.05) is 26.7 Å². The molecule has 3 amide bonds. The molecule has 1 atom stereocenters. The first kappa shape index (κ1) is 19.3. The van der Waals surface area contributed by atoms with Crippen molar-refractivity contribution in [1.29, 1.82) is 0 Å². The summed E-state index contributed by atoms with van der Waals surface area (Å²) in [6.07, 6.45) is 3.05. The summed E-state index contributed by atoms with van der Waals surface area (Å²) >= 11 is 0. The fourth-order valence-electron chi connectivity index (χ4n) is 2.57. The number of nitrogens with one attached hydrogen (secondary N) is 2. The third kappa shape index (κ3) is 4.54. The number of likely N-dealkylation sites (N-methyl/N-ethyl adjacent to an activating group) is 1. The molecule has 1 heterocycles. The van der Waals surface area contributed by atoms with E-state index >= 15 is 0 Å². The summed E-state index contributed by atoms with van der Waals surface area (Å²) in [7, 11) is 1.64. The van der Waals surface area contributed by atoms with Gasteiger partial charge in [-0.2, -0.15) is 0 Å². The lowest BCUT2D eigenvalue weighted by Crippen LogP contribution is -2.50. The third-order valence-corrected chi connectivity index (χ3v) is 3.91. The molecule has 0 saturated carbocycles. The lowest BCUT2D eigenvalue weighted by atomic mass is 10.1. The molecule has 2 rings (SSSR count). The zero-order valence-corrected chi connectivity index (χ0v) is 14.7. The van der Waals surface area contributed by atoms with E-state index < -0.39 is 17.9 Å². The van der Waals surface area contributed by atoms with Gasteiger partial charge in [-0.1, -0.05) is 12.1 Å². The number of imide groups is 1. The van der Waals surface area contributed by atoms with Crippen LogP contribution in [0.15, 0.2) is 30.4 Å². The van der Waals surface area contributed by atoms with Crippen molar-refractivity contribution in [2.45, 2.75) is 13.0 Å². The SMILES string of the molecule is CNCC(=O)NCC(COc1cccc(C)c1C=O)N1C(=O)C=CC1=O. The Kier molecular flexibility index (Phi) is 6.62. The monoisotopic (exact) mass is 359 g/mol. The number of hydrogen-bond donors (Lipinski definition) is 2. The number of aryl methyl sites for hydroxylation is 1. The van der Waals surface area contributed by atoms with Crippen molar-refractivity contribution in [3.05, 3.63) is 41.5 Å². The topological polar surface area (TPSA) is 105 Å². The summed E-state index contributed by atoms with van der Waals surface area (Å²) in [4.78, 5) is 47.9. The van der Waals surface area contributed by atoms with Crippen molar-refractivity contribution in [3.8, 4) is 5.75 Å². The first-order chi connectivity index (χ1) is 12.5. The summed E-state index contributed by atoms with van der Waals surface area (Å²) < 4.78 is 5.70. The molecule has 1 aromatic carbocycles. The van der Waals surface area contributed by atoms with E-state index in [1.54, 1.807) is 32.2 Å². The number of rotatable bonds is 9. The van der Waals surface area contributed by atoms with Crippen LogP contribution in [0.5, 0.6) is 5.75 Å². The molecule has 0 radical (unpaired) electrons. The van der Waals surface area contributed by atoms with Crippen LogP contribution in [0.2, 0.25) is 0 Å². The number of carbonyl (C=O) groups is 4. The fraction of sp³-hybridized carbons (Fsp3) is 0.333. The number of hydrogen-bond acceptors (Lipinski definition) is 6. The summed E-state index contributed by atoms with van der Waals surface area (Å²) in [6, 6.07) is 4.46. The van der Waals surface area contributed by atoms with E-state index in [4.69, 9.17) is 4.74 Å². The number of nitrogens with zero attached hydrogens (tertiary/aromatic N) is 1. The van der Waals surface area contributed by atoms with Crippen LogP contribution < -0.4 is 15.4 Å². The van der Waals surface area contributed by atoms with E-state index in [0.29, 0.717) is 17.6 Å². The molecule has 1 unspecified atom stereocenters. The lowest BCUT2D eigenvalue weighted by molar-refractivity contribution is -0.140. The Morgan fingerprint density at radius 3 is 2.58 bits per heavy atom. The Bertz CT molecular complexity index is 726. The van der Waals surface area contributed by atoms with E-state index in [2.05, 4.69) is 10.6 Å². The standard InChI is InChI=1S/C18H21N3O5/c1-12-4-3-5-15(14(12)10-22)26-11-13(8-20-16(23)9-19-2)21-17(24)6-7-18(21)25/h3-7,10,13,19H,8-9,11H2,1-2H3,(H,20,23). The number of carbonyl (C=O) groups excluding carboxylic acids is 4. The minimum absolute atomic E-state index is 0.0436. The molecule has 0 fully saturated rings. The second kappa shape index (κ2) is 8.91. The van der Waals surface area contributed by atoms with Gasteiger partial charge in [-0.15, -0.1) is 0 Å². The van der Waals surface area contributed by atoms with Crippen LogP contribution in [0.4, 0.5) is 0 Å². The minimum Gasteiger partial charge on any atom is -0.491 e. The predicted octanol–water partition coefficient (Wildman–Crippen LogP) is -0.184. The highest BCUT2D eigenvalue weighted by Crippen LogP contribution is 2.21. The zero-order chi connectivity index (χ0) is 19.1. The highest BCUT2D eigenvalue weighted by Gasteiger charge is 2.32. The maximum Gasteiger partial charge on any atom is 0.254 e. The van der Waals surface area contributed by atoms with Crippen LogP contribution in [-0.4, -0.2) is 61.7 Å². The van der Waals surface area contributed by atoms with E-state index in [-0.39, 0.29) is 25.6 Å². The highest BCUT2D eigenvalue weighted by atomic mass is 16.5. The Balaban J connectivity index is 2.12. The average molecular weight is 359 g/mol. The molecule has 8 heteroatoms. The first-order valence-corrected chi connectivity index (χ1v) is 8.12. The van der Waals surface area contributed by atoms with Crippen LogP contribution in [0.1, 0.15) is 15.9 Å². The first-order valence-electron chi connectivity index (χ1n) is 8.12. The fourth-order valence-corrected chi connectivity index (χ4v) is 2.57. The van der Waals surface area contributed by atoms with Crippen molar-refractivity contribution in [1.82, 2.24) is 15.5 Å². The molecular formula is C18H21N3O5. The summed E-state index contributed by atoms with van der Waals surface area (Å²) in [5.74, 6) is -0.843. The molecule has 0 aliphatic carbocycles. The Hall–Kier alpha value is -3.00. The highest BCUT2D eigenvalue weighted by molar-refractivity contribution is 6.13. The average Bonchev–Trinajstić information content (AvgIpc) is 2.94. The molecule has 0 aromatic heterocycles. The number of benzene rings is 1. The molecule has 138 valence electrons. The third-order valence-electron chi connectivity index (χ3n) is 3.91. The number of amides is 3. The molecule has 0 bridgehead atoms. The van der Waals surface area contributed by atoms with Gasteiger partial charge in [0.15, 0.2) is 6.29 Å². The van der Waals surface area contributed by atoms with E-state index in [1.165, 1.54) is 12.2 Å². The molecular weight excluding hydrogens is 338 g/mol. The zero-order valence-electron chi connectivity index (χ0n) is 14.7. The molecule has 1 aliphatic heterocycles. The van der Waals surface area contributed by atoms with Crippen LogP contribution in [0.3, 0.4) is 0 Å². The molecule has 0 spiro atoms. The lowest BCUT2D eigenvalue weighted by Gasteiger charge is -2.26. The molecule has 0 saturated heterocycles. The second-order valence-electron chi connectivity index (χ2n) is 5.78. The van der Waals surface area contributed by atoms with Gasteiger partial charge in [0.25, 0.3) is 11.8 Å². The summed E-state index contributed by atoms with van der Waals surface area (Å²) in [5, 5.41) is 5.37. The van der Waals surface area contributed by atoms with Gasteiger partial charge >= 0.3 is 0 Å². The number of ether oxygens (including phenoxy) is 1. The van der Waals surface area contributed by atoms with E-state index in [0.717, 1.165) is 10.5 Å². The largest absolute Gasteiger partial charge is 0.491 e. The van der Waals surface area contributed by atoms with Gasteiger partial charge in [-0.05, 0) is 25.6 Å². The molecule has 26 heavy (non-hydrogen) atoms. The summed E-state index contributed by atoms with van der Waals surface area (Å²) in [6.45, 7) is 1.88. The van der Waals surface area contributed by atoms with E-state index in [1.807, 2.05) is 0 Å². The van der Waals surface area contributed by atoms with E-state index in [9.17, 15) is 19.2 Å². The molecule has 1 aliphatic rings. The van der Waals surface area contributed by atoms with Gasteiger partial charge in [0, 0.05) is 18.7 Å².